The molecule has 1 aromatic heterocycles. The summed E-state index contributed by atoms with van der Waals surface area (Å²) < 4.78 is 5.28. The van der Waals surface area contributed by atoms with Crippen molar-refractivity contribution >= 4 is 5.91 Å². The van der Waals surface area contributed by atoms with Gasteiger partial charge in [-0.2, -0.15) is 5.26 Å². The fourth-order valence-corrected chi connectivity index (χ4v) is 2.51. The van der Waals surface area contributed by atoms with Crippen molar-refractivity contribution in [2.45, 2.75) is 58.9 Å². The van der Waals surface area contributed by atoms with E-state index in [1.165, 1.54) is 0 Å². The van der Waals surface area contributed by atoms with Crippen molar-refractivity contribution in [2.75, 3.05) is 0 Å². The van der Waals surface area contributed by atoms with Gasteiger partial charge in [0.15, 0.2) is 0 Å². The summed E-state index contributed by atoms with van der Waals surface area (Å²) in [5.41, 5.74) is -0.888. The molecule has 0 aliphatic rings. The molecule has 4 nitrogen and oxygen atoms in total. The van der Waals surface area contributed by atoms with Gasteiger partial charge in [0.1, 0.15) is 11.2 Å². The van der Waals surface area contributed by atoms with E-state index in [0.29, 0.717) is 19.3 Å². The molecule has 0 bridgehead atoms. The van der Waals surface area contributed by atoms with Gasteiger partial charge >= 0.3 is 0 Å². The normalized spacial score (nSPS) is 12.7. The van der Waals surface area contributed by atoms with Gasteiger partial charge in [-0.3, -0.25) is 4.79 Å². The molecule has 1 amide bonds. The van der Waals surface area contributed by atoms with E-state index in [1.54, 1.807) is 6.26 Å². The Labute approximate surface area is 121 Å². The zero-order valence-corrected chi connectivity index (χ0v) is 12.6. The molecule has 0 fully saturated rings. The van der Waals surface area contributed by atoms with Crippen LogP contribution in [0.5, 0.6) is 0 Å². The zero-order valence-electron chi connectivity index (χ0n) is 12.6. The number of hydrogen-bond donors (Lipinski definition) is 1. The van der Waals surface area contributed by atoms with Crippen LogP contribution >= 0.6 is 0 Å². The molecule has 110 valence electrons. The van der Waals surface area contributed by atoms with Crippen molar-refractivity contribution in [1.29, 1.82) is 5.26 Å². The first-order chi connectivity index (χ1) is 9.57. The summed E-state index contributed by atoms with van der Waals surface area (Å²) in [7, 11) is 0. The summed E-state index contributed by atoms with van der Waals surface area (Å²) in [6.07, 6.45) is 5.13. The Morgan fingerprint density at radius 1 is 1.45 bits per heavy atom. The number of nitrogens with zero attached hydrogens (tertiary/aromatic N) is 1. The lowest BCUT2D eigenvalue weighted by atomic mass is 9.79. The molecule has 0 radical (unpaired) electrons. The van der Waals surface area contributed by atoms with Gasteiger partial charge in [-0.25, -0.2) is 0 Å². The highest BCUT2D eigenvalue weighted by Crippen LogP contribution is 2.29. The maximum Gasteiger partial charge on any atom is 0.240 e. The quantitative estimate of drug-likeness (QED) is 0.791. The number of nitrogens with one attached hydrogen (secondary N) is 1. The fourth-order valence-electron chi connectivity index (χ4n) is 2.51. The smallest absolute Gasteiger partial charge is 0.240 e. The maximum atomic E-state index is 12.5. The van der Waals surface area contributed by atoms with Gasteiger partial charge in [0.05, 0.1) is 12.3 Å². The van der Waals surface area contributed by atoms with Crippen molar-refractivity contribution in [1.82, 2.24) is 5.32 Å². The zero-order chi connectivity index (χ0) is 15.0. The number of furan rings is 1. The molecule has 0 aliphatic carbocycles. The highest BCUT2D eigenvalue weighted by atomic mass is 16.3. The Morgan fingerprint density at radius 2 is 2.10 bits per heavy atom. The van der Waals surface area contributed by atoms with Crippen LogP contribution in [0.2, 0.25) is 0 Å². The standard InChI is InChI=1S/C16H24N2O2/c1-4-8-16(12-17,9-5-2)15(19)18-13(3)11-14-7-6-10-20-14/h6-7,10,13H,4-5,8-9,11H2,1-3H3,(H,18,19). The third-order valence-corrected chi connectivity index (χ3v) is 3.47. The third kappa shape index (κ3) is 4.12. The van der Waals surface area contributed by atoms with Crippen LogP contribution in [0.1, 0.15) is 52.2 Å². The Morgan fingerprint density at radius 3 is 2.55 bits per heavy atom. The van der Waals surface area contributed by atoms with Gasteiger partial charge in [-0.15, -0.1) is 0 Å². The first kappa shape index (κ1) is 16.3. The predicted molar refractivity (Wildman–Crippen MR) is 77.9 cm³/mol. The molecule has 0 saturated heterocycles. The van der Waals surface area contributed by atoms with Crippen LogP contribution in [-0.4, -0.2) is 11.9 Å². The second-order valence-corrected chi connectivity index (χ2v) is 5.35. The molecule has 1 heterocycles. The van der Waals surface area contributed by atoms with E-state index in [4.69, 9.17) is 4.42 Å². The molecule has 4 heteroatoms. The summed E-state index contributed by atoms with van der Waals surface area (Å²) in [5.74, 6) is 0.689. The van der Waals surface area contributed by atoms with Crippen LogP contribution in [0.25, 0.3) is 0 Å². The molecule has 1 atom stereocenters. The summed E-state index contributed by atoms with van der Waals surface area (Å²) >= 11 is 0. The average molecular weight is 276 g/mol. The summed E-state index contributed by atoms with van der Waals surface area (Å²) in [6.45, 7) is 5.93. The van der Waals surface area contributed by atoms with E-state index in [1.807, 2.05) is 32.9 Å². The van der Waals surface area contributed by atoms with Gasteiger partial charge in [0.25, 0.3) is 0 Å². The van der Waals surface area contributed by atoms with E-state index >= 15 is 0 Å². The van der Waals surface area contributed by atoms with Crippen molar-refractivity contribution in [3.8, 4) is 6.07 Å². The van der Waals surface area contributed by atoms with Gasteiger partial charge in [0.2, 0.25) is 5.91 Å². The van der Waals surface area contributed by atoms with Gasteiger partial charge in [0, 0.05) is 12.5 Å². The minimum Gasteiger partial charge on any atom is -0.469 e. The number of carbonyl (C=O) groups excluding carboxylic acids is 1. The minimum atomic E-state index is -0.888. The summed E-state index contributed by atoms with van der Waals surface area (Å²) in [6, 6.07) is 5.92. The molecule has 0 spiro atoms. The molecule has 1 unspecified atom stereocenters. The van der Waals surface area contributed by atoms with E-state index in [2.05, 4.69) is 11.4 Å². The van der Waals surface area contributed by atoms with Crippen LogP contribution in [0.4, 0.5) is 0 Å². The van der Waals surface area contributed by atoms with Crippen molar-refractivity contribution in [3.05, 3.63) is 24.2 Å². The van der Waals surface area contributed by atoms with E-state index in [-0.39, 0.29) is 11.9 Å². The molecule has 0 aromatic carbocycles. The highest BCUT2D eigenvalue weighted by molar-refractivity contribution is 5.85. The van der Waals surface area contributed by atoms with Crippen LogP contribution < -0.4 is 5.32 Å². The number of amides is 1. The molecular formula is C16H24N2O2. The summed E-state index contributed by atoms with van der Waals surface area (Å²) in [4.78, 5) is 12.5. The third-order valence-electron chi connectivity index (χ3n) is 3.47. The Bertz CT molecular complexity index is 440. The molecule has 1 aromatic rings. The molecule has 0 aliphatic heterocycles. The van der Waals surface area contributed by atoms with E-state index in [0.717, 1.165) is 18.6 Å². The van der Waals surface area contributed by atoms with Gasteiger partial charge < -0.3 is 9.73 Å². The second-order valence-electron chi connectivity index (χ2n) is 5.35. The monoisotopic (exact) mass is 276 g/mol. The Balaban J connectivity index is 2.68. The van der Waals surface area contributed by atoms with Crippen molar-refractivity contribution in [2.24, 2.45) is 5.41 Å². The van der Waals surface area contributed by atoms with Crippen LogP contribution in [0.3, 0.4) is 0 Å². The van der Waals surface area contributed by atoms with Crippen LogP contribution in [-0.2, 0) is 11.2 Å². The summed E-state index contributed by atoms with van der Waals surface area (Å²) in [5, 5.41) is 12.4. The number of nitriles is 1. The van der Waals surface area contributed by atoms with E-state index in [9.17, 15) is 10.1 Å². The van der Waals surface area contributed by atoms with E-state index < -0.39 is 5.41 Å². The number of rotatable bonds is 8. The lowest BCUT2D eigenvalue weighted by molar-refractivity contribution is -0.129. The number of carbonyl (C=O) groups is 1. The van der Waals surface area contributed by atoms with Crippen molar-refractivity contribution < 1.29 is 9.21 Å². The maximum absolute atomic E-state index is 12.5. The second kappa shape index (κ2) is 7.74. The van der Waals surface area contributed by atoms with Gasteiger partial charge in [-0.1, -0.05) is 26.7 Å². The predicted octanol–water partition coefficient (Wildman–Crippen LogP) is 3.44. The van der Waals surface area contributed by atoms with Crippen molar-refractivity contribution in [3.63, 3.8) is 0 Å². The topological polar surface area (TPSA) is 66.0 Å². The average Bonchev–Trinajstić information content (AvgIpc) is 2.90. The highest BCUT2D eigenvalue weighted by Gasteiger charge is 2.37. The Kier molecular flexibility index (Phi) is 6.30. The SMILES string of the molecule is CCCC(C#N)(CCC)C(=O)NC(C)Cc1ccco1. The van der Waals surface area contributed by atoms with Gasteiger partial charge in [-0.05, 0) is 31.9 Å². The molecule has 1 N–H and O–H groups in total. The van der Waals surface area contributed by atoms with Crippen LogP contribution in [0.15, 0.2) is 22.8 Å². The first-order valence-corrected chi connectivity index (χ1v) is 7.32. The first-order valence-electron chi connectivity index (χ1n) is 7.32. The molecular weight excluding hydrogens is 252 g/mol. The largest absolute Gasteiger partial charge is 0.469 e. The van der Waals surface area contributed by atoms with Crippen LogP contribution in [0, 0.1) is 16.7 Å². The number of hydrogen-bond acceptors (Lipinski definition) is 3. The lowest BCUT2D eigenvalue weighted by Crippen LogP contribution is -2.44. The minimum absolute atomic E-state index is 0.0462. The fraction of sp³-hybridized carbons (Fsp3) is 0.625. The Hall–Kier alpha value is -1.76. The molecule has 0 saturated carbocycles. The lowest BCUT2D eigenvalue weighted by Gasteiger charge is -2.26. The molecule has 1 rings (SSSR count). The molecule has 20 heavy (non-hydrogen) atoms.